The molecule has 0 saturated carbocycles. The standard InChI is InChI=1S/C9H7ClN6O3/c10-5-3-12-15(4-5)7-2-1-6(16(18)19)8(13-7)9(11)14-17/h1-4,17H,(H2,11,14). The van der Waals surface area contributed by atoms with E-state index in [2.05, 4.69) is 15.2 Å². The van der Waals surface area contributed by atoms with Crippen LogP contribution in [0.15, 0.2) is 29.7 Å². The minimum atomic E-state index is -0.680. The van der Waals surface area contributed by atoms with Gasteiger partial charge in [0.1, 0.15) is 0 Å². The summed E-state index contributed by atoms with van der Waals surface area (Å²) >= 11 is 5.71. The minimum Gasteiger partial charge on any atom is -0.409 e. The molecule has 0 bridgehead atoms. The Bertz CT molecular complexity index is 668. The van der Waals surface area contributed by atoms with Crippen molar-refractivity contribution >= 4 is 23.1 Å². The van der Waals surface area contributed by atoms with E-state index >= 15 is 0 Å². The molecule has 2 rings (SSSR count). The van der Waals surface area contributed by atoms with E-state index in [-0.39, 0.29) is 17.2 Å². The molecule has 0 aliphatic heterocycles. The van der Waals surface area contributed by atoms with E-state index in [1.165, 1.54) is 29.2 Å². The summed E-state index contributed by atoms with van der Waals surface area (Å²) in [4.78, 5) is 14.1. The maximum Gasteiger partial charge on any atom is 0.298 e. The number of hydrogen-bond acceptors (Lipinski definition) is 6. The van der Waals surface area contributed by atoms with Crippen molar-refractivity contribution < 1.29 is 10.1 Å². The molecule has 0 amide bonds. The molecule has 0 aromatic carbocycles. The summed E-state index contributed by atoms with van der Waals surface area (Å²) in [6.45, 7) is 0. The number of hydrogen-bond donors (Lipinski definition) is 2. The Morgan fingerprint density at radius 1 is 1.58 bits per heavy atom. The average molecular weight is 283 g/mol. The highest BCUT2D eigenvalue weighted by Gasteiger charge is 2.20. The summed E-state index contributed by atoms with van der Waals surface area (Å²) in [7, 11) is 0. The van der Waals surface area contributed by atoms with Gasteiger partial charge in [0, 0.05) is 6.07 Å². The second-order valence-corrected chi connectivity index (χ2v) is 3.82. The van der Waals surface area contributed by atoms with Crippen LogP contribution in [0.3, 0.4) is 0 Å². The molecule has 98 valence electrons. The Morgan fingerprint density at radius 3 is 2.84 bits per heavy atom. The molecule has 2 heterocycles. The zero-order chi connectivity index (χ0) is 14.0. The highest BCUT2D eigenvalue weighted by Crippen LogP contribution is 2.19. The van der Waals surface area contributed by atoms with Crippen LogP contribution < -0.4 is 5.73 Å². The maximum atomic E-state index is 10.8. The van der Waals surface area contributed by atoms with Crippen LogP contribution in [-0.2, 0) is 0 Å². The van der Waals surface area contributed by atoms with Crippen molar-refractivity contribution in [3.05, 3.63) is 45.4 Å². The Balaban J connectivity index is 2.58. The van der Waals surface area contributed by atoms with Gasteiger partial charge in [0.25, 0.3) is 5.69 Å². The van der Waals surface area contributed by atoms with Gasteiger partial charge < -0.3 is 10.9 Å². The van der Waals surface area contributed by atoms with E-state index in [1.807, 2.05) is 0 Å². The van der Waals surface area contributed by atoms with Gasteiger partial charge in [-0.2, -0.15) is 5.10 Å². The minimum absolute atomic E-state index is 0.249. The fraction of sp³-hybridized carbons (Fsp3) is 0. The van der Waals surface area contributed by atoms with Crippen molar-refractivity contribution in [2.24, 2.45) is 10.9 Å². The summed E-state index contributed by atoms with van der Waals surface area (Å²) < 4.78 is 1.31. The normalized spacial score (nSPS) is 11.5. The summed E-state index contributed by atoms with van der Waals surface area (Å²) in [6.07, 6.45) is 2.85. The fourth-order valence-corrected chi connectivity index (χ4v) is 1.51. The molecule has 0 spiro atoms. The van der Waals surface area contributed by atoms with Crippen LogP contribution in [-0.4, -0.2) is 30.7 Å². The van der Waals surface area contributed by atoms with Crippen LogP contribution >= 0.6 is 11.6 Å². The van der Waals surface area contributed by atoms with E-state index in [4.69, 9.17) is 22.5 Å². The van der Waals surface area contributed by atoms with Gasteiger partial charge in [-0.15, -0.1) is 0 Å². The maximum absolute atomic E-state index is 10.8. The van der Waals surface area contributed by atoms with Gasteiger partial charge in [-0.25, -0.2) is 9.67 Å². The lowest BCUT2D eigenvalue weighted by molar-refractivity contribution is -0.385. The van der Waals surface area contributed by atoms with Crippen LogP contribution in [0, 0.1) is 10.1 Å². The second kappa shape index (κ2) is 4.90. The van der Waals surface area contributed by atoms with Gasteiger partial charge >= 0.3 is 0 Å². The molecule has 0 aliphatic carbocycles. The molecule has 0 fully saturated rings. The number of oxime groups is 1. The predicted molar refractivity (Wildman–Crippen MR) is 65.5 cm³/mol. The highest BCUT2D eigenvalue weighted by molar-refractivity contribution is 6.30. The van der Waals surface area contributed by atoms with E-state index in [0.717, 1.165) is 0 Å². The topological polar surface area (TPSA) is 132 Å². The lowest BCUT2D eigenvalue weighted by Crippen LogP contribution is -2.18. The zero-order valence-corrected chi connectivity index (χ0v) is 10.0. The lowest BCUT2D eigenvalue weighted by Gasteiger charge is -2.04. The molecule has 9 nitrogen and oxygen atoms in total. The number of nitrogens with zero attached hydrogens (tertiary/aromatic N) is 5. The van der Waals surface area contributed by atoms with Crippen molar-refractivity contribution in [2.45, 2.75) is 0 Å². The number of halogens is 1. The van der Waals surface area contributed by atoms with Crippen LogP contribution in [0.5, 0.6) is 0 Å². The summed E-state index contributed by atoms with van der Waals surface area (Å²) in [6, 6.07) is 2.56. The first kappa shape index (κ1) is 12.8. The zero-order valence-electron chi connectivity index (χ0n) is 9.26. The third-order valence-electron chi connectivity index (χ3n) is 2.19. The Kier molecular flexibility index (Phi) is 3.29. The predicted octanol–water partition coefficient (Wildman–Crippen LogP) is 0.923. The van der Waals surface area contributed by atoms with Crippen LogP contribution in [0.4, 0.5) is 5.69 Å². The SMILES string of the molecule is N/C(=N/O)c1nc(-n2cc(Cl)cn2)ccc1[N+](=O)[O-]. The number of nitro groups is 1. The molecular formula is C9H7ClN6O3. The van der Waals surface area contributed by atoms with Gasteiger partial charge in [-0.05, 0) is 6.07 Å². The summed E-state index contributed by atoms with van der Waals surface area (Å²) in [5.74, 6) is -0.217. The second-order valence-electron chi connectivity index (χ2n) is 3.38. The number of amidine groups is 1. The summed E-state index contributed by atoms with van der Waals surface area (Å²) in [5, 5.41) is 26.4. The number of aromatic nitrogens is 3. The smallest absolute Gasteiger partial charge is 0.298 e. The van der Waals surface area contributed by atoms with Crippen molar-refractivity contribution in [3.8, 4) is 5.82 Å². The van der Waals surface area contributed by atoms with E-state index in [9.17, 15) is 10.1 Å². The average Bonchev–Trinajstić information content (AvgIpc) is 2.83. The van der Waals surface area contributed by atoms with Gasteiger partial charge in [-0.3, -0.25) is 10.1 Å². The van der Waals surface area contributed by atoms with Crippen molar-refractivity contribution in [3.63, 3.8) is 0 Å². The molecule has 10 heteroatoms. The number of nitrogens with two attached hydrogens (primary N) is 1. The van der Waals surface area contributed by atoms with Crippen LogP contribution in [0.2, 0.25) is 5.02 Å². The van der Waals surface area contributed by atoms with E-state index in [0.29, 0.717) is 5.02 Å². The highest BCUT2D eigenvalue weighted by atomic mass is 35.5. The molecule has 0 aliphatic rings. The van der Waals surface area contributed by atoms with Gasteiger partial charge in [0.2, 0.25) is 0 Å². The van der Waals surface area contributed by atoms with Gasteiger partial charge in [0.15, 0.2) is 17.3 Å². The number of pyridine rings is 1. The molecule has 0 unspecified atom stereocenters. The first-order valence-corrected chi connectivity index (χ1v) is 5.24. The first-order chi connectivity index (χ1) is 9.02. The molecule has 2 aromatic heterocycles. The third kappa shape index (κ3) is 2.45. The molecular weight excluding hydrogens is 276 g/mol. The van der Waals surface area contributed by atoms with Crippen molar-refractivity contribution in [1.82, 2.24) is 14.8 Å². The van der Waals surface area contributed by atoms with Gasteiger partial charge in [-0.1, -0.05) is 16.8 Å². The summed E-state index contributed by atoms with van der Waals surface area (Å²) in [5.41, 5.74) is 4.73. The molecule has 2 aromatic rings. The van der Waals surface area contributed by atoms with Crippen molar-refractivity contribution in [1.29, 1.82) is 0 Å². The van der Waals surface area contributed by atoms with E-state index < -0.39 is 10.8 Å². The first-order valence-electron chi connectivity index (χ1n) is 4.87. The Morgan fingerprint density at radius 2 is 2.32 bits per heavy atom. The van der Waals surface area contributed by atoms with Crippen molar-refractivity contribution in [2.75, 3.05) is 0 Å². The molecule has 19 heavy (non-hydrogen) atoms. The third-order valence-corrected chi connectivity index (χ3v) is 2.39. The molecule has 3 N–H and O–H groups in total. The monoisotopic (exact) mass is 282 g/mol. The van der Waals surface area contributed by atoms with E-state index in [1.54, 1.807) is 0 Å². The molecule has 0 radical (unpaired) electrons. The Hall–Kier alpha value is -2.68. The Labute approximate surface area is 111 Å². The van der Waals surface area contributed by atoms with Gasteiger partial charge in [0.05, 0.1) is 22.3 Å². The molecule has 0 saturated heterocycles. The number of rotatable bonds is 3. The lowest BCUT2D eigenvalue weighted by atomic mass is 10.2. The fourth-order valence-electron chi connectivity index (χ4n) is 1.38. The molecule has 0 atom stereocenters. The quantitative estimate of drug-likeness (QED) is 0.283. The van der Waals surface area contributed by atoms with Crippen LogP contribution in [0.1, 0.15) is 5.69 Å². The van der Waals surface area contributed by atoms with Crippen LogP contribution in [0.25, 0.3) is 5.82 Å². The largest absolute Gasteiger partial charge is 0.409 e.